The van der Waals surface area contributed by atoms with Crippen molar-refractivity contribution in [3.05, 3.63) is 0 Å². The second-order valence-electron chi connectivity index (χ2n) is 6.53. The van der Waals surface area contributed by atoms with Crippen LogP contribution in [0.2, 0.25) is 0 Å². The quantitative estimate of drug-likeness (QED) is 0.439. The molecule has 0 heterocycles. The molecule has 0 saturated heterocycles. The Labute approximate surface area is 120 Å². The highest BCUT2D eigenvalue weighted by Crippen LogP contribution is 2.42. The van der Waals surface area contributed by atoms with Crippen LogP contribution >= 0.6 is 0 Å². The van der Waals surface area contributed by atoms with E-state index in [2.05, 4.69) is 13.8 Å². The van der Waals surface area contributed by atoms with Gasteiger partial charge in [-0.05, 0) is 25.7 Å². The summed E-state index contributed by atoms with van der Waals surface area (Å²) in [5.74, 6) is 0.603. The lowest BCUT2D eigenvalue weighted by molar-refractivity contribution is -0.132. The molecule has 1 aliphatic rings. The number of carbonyl (C=O) groups is 1. The minimum absolute atomic E-state index is 0.0970. The Kier molecular flexibility index (Phi) is 8.41. The fourth-order valence-electron chi connectivity index (χ4n) is 3.59. The highest BCUT2D eigenvalue weighted by atomic mass is 16.1. The molecule has 1 nitrogen and oxygen atoms in total. The molecule has 1 fully saturated rings. The lowest BCUT2D eigenvalue weighted by atomic mass is 9.67. The first kappa shape index (κ1) is 16.7. The van der Waals surface area contributed by atoms with Crippen molar-refractivity contribution in [2.24, 2.45) is 5.41 Å². The van der Waals surface area contributed by atoms with Crippen molar-refractivity contribution in [2.45, 2.75) is 104 Å². The maximum atomic E-state index is 12.4. The van der Waals surface area contributed by atoms with Crippen molar-refractivity contribution in [3.63, 3.8) is 0 Å². The molecule has 112 valence electrons. The first-order valence-corrected chi connectivity index (χ1v) is 8.78. The molecule has 1 rings (SSSR count). The van der Waals surface area contributed by atoms with Crippen LogP contribution in [-0.2, 0) is 4.79 Å². The first-order chi connectivity index (χ1) is 9.25. The minimum atomic E-state index is 0.0970. The van der Waals surface area contributed by atoms with Gasteiger partial charge in [-0.15, -0.1) is 0 Å². The van der Waals surface area contributed by atoms with Gasteiger partial charge in [0.15, 0.2) is 0 Å². The van der Waals surface area contributed by atoms with Crippen molar-refractivity contribution in [1.82, 2.24) is 0 Å². The van der Waals surface area contributed by atoms with E-state index in [1.807, 2.05) is 0 Å². The predicted octanol–water partition coefficient (Wildman–Crippen LogP) is 6.06. The average Bonchev–Trinajstić information content (AvgIpc) is 2.43. The van der Waals surface area contributed by atoms with E-state index in [1.165, 1.54) is 77.0 Å². The van der Waals surface area contributed by atoms with Gasteiger partial charge in [-0.2, -0.15) is 0 Å². The average molecular weight is 266 g/mol. The third-order valence-corrected chi connectivity index (χ3v) is 4.92. The molecule has 0 aliphatic heterocycles. The van der Waals surface area contributed by atoms with Crippen molar-refractivity contribution in [2.75, 3.05) is 0 Å². The zero-order valence-corrected chi connectivity index (χ0v) is 13.3. The standard InChI is InChI=1S/C18H34O/c1-3-5-7-10-14-18(15-11-8-6-4-2)16-12-9-13-17(18)19/h3-16H2,1-2H3. The summed E-state index contributed by atoms with van der Waals surface area (Å²) in [5.41, 5.74) is 0.0970. The number of hydrogen-bond donors (Lipinski definition) is 0. The number of unbranched alkanes of at least 4 members (excludes halogenated alkanes) is 6. The van der Waals surface area contributed by atoms with Crippen LogP contribution in [0.5, 0.6) is 0 Å². The Morgan fingerprint density at radius 3 is 1.89 bits per heavy atom. The van der Waals surface area contributed by atoms with Crippen molar-refractivity contribution < 1.29 is 4.79 Å². The summed E-state index contributed by atoms with van der Waals surface area (Å²) in [5, 5.41) is 0. The van der Waals surface area contributed by atoms with Crippen LogP contribution in [0, 0.1) is 5.41 Å². The molecular weight excluding hydrogens is 232 g/mol. The molecular formula is C18H34O. The fraction of sp³-hybridized carbons (Fsp3) is 0.944. The monoisotopic (exact) mass is 266 g/mol. The van der Waals surface area contributed by atoms with Gasteiger partial charge < -0.3 is 0 Å². The SMILES string of the molecule is CCCCCCC1(CCCCCC)CCCCC1=O. The van der Waals surface area contributed by atoms with Gasteiger partial charge in [-0.1, -0.05) is 71.6 Å². The Bertz CT molecular complexity index is 232. The van der Waals surface area contributed by atoms with E-state index in [4.69, 9.17) is 0 Å². The summed E-state index contributed by atoms with van der Waals surface area (Å²) in [6, 6.07) is 0. The second-order valence-corrected chi connectivity index (χ2v) is 6.53. The van der Waals surface area contributed by atoms with Crippen LogP contribution in [0.1, 0.15) is 104 Å². The zero-order valence-electron chi connectivity index (χ0n) is 13.3. The maximum Gasteiger partial charge on any atom is 0.139 e. The molecule has 1 heteroatoms. The Hall–Kier alpha value is -0.330. The Morgan fingerprint density at radius 1 is 0.842 bits per heavy atom. The van der Waals surface area contributed by atoms with E-state index in [9.17, 15) is 4.79 Å². The van der Waals surface area contributed by atoms with Crippen LogP contribution in [0.25, 0.3) is 0 Å². The molecule has 0 aromatic rings. The second kappa shape index (κ2) is 9.55. The topological polar surface area (TPSA) is 17.1 Å². The summed E-state index contributed by atoms with van der Waals surface area (Å²) < 4.78 is 0. The zero-order chi connectivity index (χ0) is 14.0. The normalized spacial score (nSPS) is 18.7. The summed E-state index contributed by atoms with van der Waals surface area (Å²) in [6.45, 7) is 4.51. The number of Topliss-reactive ketones (excluding diaryl/α,β-unsaturated/α-hetero) is 1. The molecule has 19 heavy (non-hydrogen) atoms. The lowest BCUT2D eigenvalue weighted by Crippen LogP contribution is -2.34. The van der Waals surface area contributed by atoms with Gasteiger partial charge >= 0.3 is 0 Å². The molecule has 0 bridgehead atoms. The van der Waals surface area contributed by atoms with Gasteiger partial charge in [0, 0.05) is 11.8 Å². The van der Waals surface area contributed by atoms with E-state index >= 15 is 0 Å². The lowest BCUT2D eigenvalue weighted by Gasteiger charge is -2.36. The molecule has 1 saturated carbocycles. The number of hydrogen-bond acceptors (Lipinski definition) is 1. The van der Waals surface area contributed by atoms with Crippen molar-refractivity contribution in [1.29, 1.82) is 0 Å². The van der Waals surface area contributed by atoms with Gasteiger partial charge in [0.05, 0.1) is 0 Å². The molecule has 0 amide bonds. The van der Waals surface area contributed by atoms with E-state index in [1.54, 1.807) is 0 Å². The molecule has 0 spiro atoms. The van der Waals surface area contributed by atoms with Crippen molar-refractivity contribution in [3.8, 4) is 0 Å². The highest BCUT2D eigenvalue weighted by molar-refractivity contribution is 5.85. The summed E-state index contributed by atoms with van der Waals surface area (Å²) in [4.78, 5) is 12.4. The molecule has 0 N–H and O–H groups in total. The van der Waals surface area contributed by atoms with E-state index in [-0.39, 0.29) is 5.41 Å². The van der Waals surface area contributed by atoms with Crippen LogP contribution in [-0.4, -0.2) is 5.78 Å². The molecule has 0 radical (unpaired) electrons. The van der Waals surface area contributed by atoms with Crippen LogP contribution in [0.4, 0.5) is 0 Å². The van der Waals surface area contributed by atoms with Crippen molar-refractivity contribution >= 4 is 5.78 Å². The highest BCUT2D eigenvalue weighted by Gasteiger charge is 2.38. The van der Waals surface area contributed by atoms with E-state index in [0.29, 0.717) is 5.78 Å². The van der Waals surface area contributed by atoms with Gasteiger partial charge in [0.2, 0.25) is 0 Å². The number of carbonyl (C=O) groups excluding carboxylic acids is 1. The molecule has 0 atom stereocenters. The van der Waals surface area contributed by atoms with E-state index in [0.717, 1.165) is 12.8 Å². The largest absolute Gasteiger partial charge is 0.299 e. The minimum Gasteiger partial charge on any atom is -0.299 e. The molecule has 1 aliphatic carbocycles. The van der Waals surface area contributed by atoms with Crippen LogP contribution in [0.3, 0.4) is 0 Å². The van der Waals surface area contributed by atoms with Gasteiger partial charge in [0.25, 0.3) is 0 Å². The Morgan fingerprint density at radius 2 is 1.42 bits per heavy atom. The molecule has 0 aromatic heterocycles. The number of ketones is 1. The smallest absolute Gasteiger partial charge is 0.139 e. The first-order valence-electron chi connectivity index (χ1n) is 8.78. The van der Waals surface area contributed by atoms with Crippen LogP contribution < -0.4 is 0 Å². The third kappa shape index (κ3) is 5.67. The Balaban J connectivity index is 2.44. The number of rotatable bonds is 10. The van der Waals surface area contributed by atoms with Gasteiger partial charge in [-0.25, -0.2) is 0 Å². The summed E-state index contributed by atoms with van der Waals surface area (Å²) in [6.07, 6.45) is 17.3. The van der Waals surface area contributed by atoms with Crippen LogP contribution in [0.15, 0.2) is 0 Å². The van der Waals surface area contributed by atoms with Gasteiger partial charge in [-0.3, -0.25) is 4.79 Å². The predicted molar refractivity (Wildman–Crippen MR) is 83.4 cm³/mol. The van der Waals surface area contributed by atoms with Gasteiger partial charge in [0.1, 0.15) is 5.78 Å². The third-order valence-electron chi connectivity index (χ3n) is 4.92. The maximum absolute atomic E-state index is 12.4. The molecule has 0 unspecified atom stereocenters. The summed E-state index contributed by atoms with van der Waals surface area (Å²) >= 11 is 0. The summed E-state index contributed by atoms with van der Waals surface area (Å²) in [7, 11) is 0. The van der Waals surface area contributed by atoms with E-state index < -0.39 is 0 Å². The molecule has 0 aromatic carbocycles. The fourth-order valence-corrected chi connectivity index (χ4v) is 3.59.